The number of unbranched alkanes of at least 4 members (excludes halogenated alkanes) is 47. The first-order valence-electron chi connectivity index (χ1n) is 30.5. The van der Waals surface area contributed by atoms with Crippen LogP contribution in [0.5, 0.6) is 0 Å². The predicted octanol–water partition coefficient (Wildman–Crippen LogP) is 19.1. The van der Waals surface area contributed by atoms with Crippen LogP contribution in [0.2, 0.25) is 0 Å². The lowest BCUT2D eigenvalue weighted by Gasteiger charge is -2.23. The van der Waals surface area contributed by atoms with Gasteiger partial charge in [0.1, 0.15) is 6.10 Å². The largest absolute Gasteiger partial charge is 0.394 e. The number of carbonyl (C=O) groups excluding carboxylic acids is 1. The van der Waals surface area contributed by atoms with Crippen molar-refractivity contribution in [1.29, 1.82) is 0 Å². The molecule has 0 aromatic carbocycles. The summed E-state index contributed by atoms with van der Waals surface area (Å²) in [7, 11) is 0. The van der Waals surface area contributed by atoms with Crippen LogP contribution >= 0.6 is 0 Å². The molecule has 4 N–H and O–H groups in total. The van der Waals surface area contributed by atoms with Crippen molar-refractivity contribution in [3.63, 3.8) is 0 Å². The Hall–Kier alpha value is -0.910. The van der Waals surface area contributed by atoms with E-state index >= 15 is 0 Å². The minimum atomic E-state index is -1.07. The van der Waals surface area contributed by atoms with Crippen molar-refractivity contribution in [2.45, 2.75) is 366 Å². The van der Waals surface area contributed by atoms with Crippen molar-refractivity contribution >= 4 is 5.91 Å². The zero-order valence-corrected chi connectivity index (χ0v) is 45.1. The van der Waals surface area contributed by atoms with Gasteiger partial charge in [0.15, 0.2) is 0 Å². The number of hydrogen-bond donors (Lipinski definition) is 4. The molecule has 0 aliphatic carbocycles. The average molecular weight is 933 g/mol. The van der Waals surface area contributed by atoms with Gasteiger partial charge < -0.3 is 20.6 Å². The number of rotatable bonds is 57. The number of hydrogen-bond acceptors (Lipinski definition) is 4. The van der Waals surface area contributed by atoms with Crippen LogP contribution in [0, 0.1) is 0 Å². The topological polar surface area (TPSA) is 89.8 Å². The maximum absolute atomic E-state index is 12.6. The summed E-state index contributed by atoms with van der Waals surface area (Å²) >= 11 is 0. The second-order valence-electron chi connectivity index (χ2n) is 21.3. The van der Waals surface area contributed by atoms with E-state index in [0.717, 1.165) is 32.1 Å². The van der Waals surface area contributed by atoms with E-state index in [-0.39, 0.29) is 6.61 Å². The highest BCUT2D eigenvalue weighted by Crippen LogP contribution is 2.18. The summed E-state index contributed by atoms with van der Waals surface area (Å²) in [6.45, 7) is 4.27. The van der Waals surface area contributed by atoms with Crippen molar-refractivity contribution in [3.05, 3.63) is 12.2 Å². The average Bonchev–Trinajstić information content (AvgIpc) is 3.32. The van der Waals surface area contributed by atoms with Crippen LogP contribution in [0.3, 0.4) is 0 Å². The SMILES string of the molecule is CCCCCCCCCCCCCCCCCCCC/C=C\CCCCCCCCCCCCCCCCCCC(O)C(=O)NC(CO)C(O)CCCCCCCCCCCCCCCC. The Morgan fingerprint density at radius 1 is 0.348 bits per heavy atom. The van der Waals surface area contributed by atoms with Crippen LogP contribution in [0.15, 0.2) is 12.2 Å². The smallest absolute Gasteiger partial charge is 0.249 e. The fraction of sp³-hybridized carbons (Fsp3) is 0.951. The summed E-state index contributed by atoms with van der Waals surface area (Å²) in [5, 5.41) is 33.5. The minimum absolute atomic E-state index is 0.309. The molecule has 0 aliphatic heterocycles. The fourth-order valence-electron chi connectivity index (χ4n) is 9.90. The van der Waals surface area contributed by atoms with Gasteiger partial charge >= 0.3 is 0 Å². The van der Waals surface area contributed by atoms with Crippen molar-refractivity contribution in [1.82, 2.24) is 5.32 Å². The summed E-state index contributed by atoms with van der Waals surface area (Å²) < 4.78 is 0. The molecule has 0 heterocycles. The minimum Gasteiger partial charge on any atom is -0.394 e. The third-order valence-corrected chi connectivity index (χ3v) is 14.6. The molecular formula is C61H121NO4. The third-order valence-electron chi connectivity index (χ3n) is 14.6. The molecule has 0 aromatic heterocycles. The summed E-state index contributed by atoms with van der Waals surface area (Å²) in [6.07, 6.45) is 71.5. The molecule has 66 heavy (non-hydrogen) atoms. The van der Waals surface area contributed by atoms with Gasteiger partial charge in [-0.15, -0.1) is 0 Å². The Bertz CT molecular complexity index is 940. The Balaban J connectivity index is 3.42. The Morgan fingerprint density at radius 3 is 0.833 bits per heavy atom. The van der Waals surface area contributed by atoms with E-state index in [4.69, 9.17) is 0 Å². The molecule has 0 aromatic rings. The molecule has 0 bridgehead atoms. The van der Waals surface area contributed by atoms with Crippen LogP contribution < -0.4 is 5.32 Å². The molecule has 394 valence electrons. The quantitative estimate of drug-likeness (QED) is 0.0361. The first-order valence-corrected chi connectivity index (χ1v) is 30.5. The van der Waals surface area contributed by atoms with Crippen LogP contribution in [-0.2, 0) is 4.79 Å². The van der Waals surface area contributed by atoms with E-state index in [9.17, 15) is 20.1 Å². The molecule has 0 aliphatic rings. The molecule has 0 saturated carbocycles. The first kappa shape index (κ1) is 65.1. The van der Waals surface area contributed by atoms with Gasteiger partial charge in [0.25, 0.3) is 0 Å². The standard InChI is InChI=1S/C61H121NO4/c1-3-5-7-9-11-13-15-17-19-20-21-22-23-24-25-26-27-28-29-30-31-32-33-34-35-36-37-38-39-40-41-42-44-46-48-50-52-54-56-60(65)61(66)62-58(57-63)59(64)55-53-51-49-47-45-43-18-16-14-12-10-8-6-4-2/h30-31,58-60,63-65H,3-29,32-57H2,1-2H3,(H,62,66)/b31-30-. The fourth-order valence-corrected chi connectivity index (χ4v) is 9.90. The van der Waals surface area contributed by atoms with Gasteiger partial charge in [-0.2, -0.15) is 0 Å². The summed E-state index contributed by atoms with van der Waals surface area (Å²) in [5.74, 6) is -0.465. The van der Waals surface area contributed by atoms with E-state index in [1.165, 1.54) is 289 Å². The molecule has 3 atom stereocenters. The molecule has 0 spiro atoms. The van der Waals surface area contributed by atoms with Crippen molar-refractivity contribution in [3.8, 4) is 0 Å². The molecular weight excluding hydrogens is 811 g/mol. The summed E-state index contributed by atoms with van der Waals surface area (Å²) in [5.41, 5.74) is 0. The highest BCUT2D eigenvalue weighted by molar-refractivity contribution is 5.80. The van der Waals surface area contributed by atoms with E-state index in [2.05, 4.69) is 31.3 Å². The lowest BCUT2D eigenvalue weighted by atomic mass is 10.0. The van der Waals surface area contributed by atoms with Gasteiger partial charge in [-0.25, -0.2) is 0 Å². The van der Waals surface area contributed by atoms with E-state index < -0.39 is 24.2 Å². The summed E-state index contributed by atoms with van der Waals surface area (Å²) in [4.78, 5) is 12.6. The molecule has 0 radical (unpaired) electrons. The van der Waals surface area contributed by atoms with Gasteiger partial charge in [-0.3, -0.25) is 4.79 Å². The molecule has 0 rings (SSSR count). The number of nitrogens with one attached hydrogen (secondary N) is 1. The maximum atomic E-state index is 12.6. The maximum Gasteiger partial charge on any atom is 0.249 e. The predicted molar refractivity (Wildman–Crippen MR) is 292 cm³/mol. The van der Waals surface area contributed by atoms with Gasteiger partial charge in [-0.05, 0) is 38.5 Å². The lowest BCUT2D eigenvalue weighted by molar-refractivity contribution is -0.131. The second kappa shape index (κ2) is 56.7. The number of amides is 1. The number of carbonyl (C=O) groups is 1. The molecule has 5 nitrogen and oxygen atoms in total. The molecule has 3 unspecified atom stereocenters. The van der Waals surface area contributed by atoms with Crippen molar-refractivity contribution in [2.24, 2.45) is 0 Å². The third kappa shape index (κ3) is 51.0. The van der Waals surface area contributed by atoms with Gasteiger partial charge in [0, 0.05) is 0 Å². The number of allylic oxidation sites excluding steroid dienone is 2. The van der Waals surface area contributed by atoms with Crippen LogP contribution in [0.4, 0.5) is 0 Å². The van der Waals surface area contributed by atoms with Gasteiger partial charge in [0.2, 0.25) is 5.91 Å². The number of aliphatic hydroxyl groups excluding tert-OH is 3. The Labute approximate surface area is 414 Å². The molecule has 1 amide bonds. The monoisotopic (exact) mass is 932 g/mol. The Kier molecular flexibility index (Phi) is 55.9. The highest BCUT2D eigenvalue weighted by Gasteiger charge is 2.23. The van der Waals surface area contributed by atoms with Crippen LogP contribution in [-0.4, -0.2) is 46.1 Å². The zero-order valence-electron chi connectivity index (χ0n) is 45.1. The second-order valence-corrected chi connectivity index (χ2v) is 21.3. The normalized spacial score (nSPS) is 13.2. The highest BCUT2D eigenvalue weighted by atomic mass is 16.3. The van der Waals surface area contributed by atoms with Crippen molar-refractivity contribution in [2.75, 3.05) is 6.61 Å². The number of aliphatic hydroxyl groups is 3. The van der Waals surface area contributed by atoms with E-state index in [0.29, 0.717) is 12.8 Å². The van der Waals surface area contributed by atoms with Gasteiger partial charge in [0.05, 0.1) is 18.8 Å². The molecule has 0 fully saturated rings. The first-order chi connectivity index (χ1) is 32.6. The van der Waals surface area contributed by atoms with Crippen LogP contribution in [0.1, 0.15) is 348 Å². The lowest BCUT2D eigenvalue weighted by Crippen LogP contribution is -2.49. The zero-order chi connectivity index (χ0) is 47.9. The van der Waals surface area contributed by atoms with Crippen molar-refractivity contribution < 1.29 is 20.1 Å². The molecule has 0 saturated heterocycles. The van der Waals surface area contributed by atoms with E-state index in [1.54, 1.807) is 0 Å². The Morgan fingerprint density at radius 2 is 0.576 bits per heavy atom. The van der Waals surface area contributed by atoms with Gasteiger partial charge in [-0.1, -0.05) is 321 Å². The van der Waals surface area contributed by atoms with Crippen LogP contribution in [0.25, 0.3) is 0 Å². The summed E-state index contributed by atoms with van der Waals surface area (Å²) in [6, 6.07) is -0.708. The molecule has 5 heteroatoms. The van der Waals surface area contributed by atoms with E-state index in [1.807, 2.05) is 0 Å².